The van der Waals surface area contributed by atoms with Gasteiger partial charge in [0.25, 0.3) is 0 Å². The second-order valence-electron chi connectivity index (χ2n) is 23.6. The number of carbonyl (C=O) groups excluding carboxylic acids is 4. The minimum absolute atomic E-state index is 0.103. The predicted octanol–water partition coefficient (Wildman–Crippen LogP) is 17.8. The van der Waals surface area contributed by atoms with Crippen molar-refractivity contribution >= 4 is 39.5 Å². The molecule has 0 bridgehead atoms. The number of ether oxygens (including phenoxy) is 4. The van der Waals surface area contributed by atoms with Gasteiger partial charge in [0.15, 0.2) is 12.2 Å². The summed E-state index contributed by atoms with van der Waals surface area (Å²) in [5.41, 5.74) is 0. The zero-order valence-corrected chi connectivity index (χ0v) is 55.1. The number of unbranched alkanes of at least 4 members (excludes halogenated alkanes) is 36. The van der Waals surface area contributed by atoms with Gasteiger partial charge in [-0.2, -0.15) is 0 Å². The molecule has 2 unspecified atom stereocenters. The van der Waals surface area contributed by atoms with Crippen LogP contribution in [0.1, 0.15) is 324 Å². The molecule has 17 nitrogen and oxygen atoms in total. The molecule has 3 N–H and O–H groups in total. The number of phosphoric ester groups is 2. The predicted molar refractivity (Wildman–Crippen MR) is 331 cm³/mol. The van der Waals surface area contributed by atoms with Gasteiger partial charge in [0.1, 0.15) is 19.3 Å². The Balaban J connectivity index is 5.14. The largest absolute Gasteiger partial charge is 0.472 e. The van der Waals surface area contributed by atoms with Crippen LogP contribution in [0.4, 0.5) is 0 Å². The van der Waals surface area contributed by atoms with E-state index >= 15 is 0 Å². The van der Waals surface area contributed by atoms with Crippen LogP contribution in [0, 0.1) is 5.92 Å². The van der Waals surface area contributed by atoms with Crippen LogP contribution in [0.15, 0.2) is 0 Å². The maximum atomic E-state index is 13.0. The monoisotopic (exact) mass is 1230 g/mol. The van der Waals surface area contributed by atoms with Crippen molar-refractivity contribution in [1.29, 1.82) is 0 Å². The lowest BCUT2D eigenvalue weighted by molar-refractivity contribution is -0.161. The van der Waals surface area contributed by atoms with Gasteiger partial charge >= 0.3 is 39.5 Å². The average Bonchev–Trinajstić information content (AvgIpc) is 3.45. The smallest absolute Gasteiger partial charge is 0.462 e. The van der Waals surface area contributed by atoms with E-state index in [2.05, 4.69) is 34.6 Å². The summed E-state index contributed by atoms with van der Waals surface area (Å²) < 4.78 is 67.8. The molecule has 0 radical (unpaired) electrons. The summed E-state index contributed by atoms with van der Waals surface area (Å²) in [5, 5.41) is 10.5. The normalized spacial score (nSPS) is 14.2. The van der Waals surface area contributed by atoms with E-state index in [1.54, 1.807) is 0 Å². The number of aliphatic hydroxyl groups is 1. The van der Waals surface area contributed by atoms with Crippen LogP contribution < -0.4 is 0 Å². The molecule has 0 rings (SSSR count). The van der Waals surface area contributed by atoms with Gasteiger partial charge in [-0.05, 0) is 31.6 Å². The number of aliphatic hydroxyl groups excluding tert-OH is 1. The highest BCUT2D eigenvalue weighted by atomic mass is 31.2. The van der Waals surface area contributed by atoms with E-state index in [9.17, 15) is 43.2 Å². The summed E-state index contributed by atoms with van der Waals surface area (Å²) in [6, 6.07) is 0. The van der Waals surface area contributed by atoms with Gasteiger partial charge in [0.2, 0.25) is 0 Å². The van der Waals surface area contributed by atoms with Crippen molar-refractivity contribution in [3.05, 3.63) is 0 Å². The molecule has 0 saturated heterocycles. The summed E-state index contributed by atoms with van der Waals surface area (Å²) in [5.74, 6) is -1.34. The topological polar surface area (TPSA) is 237 Å². The molecule has 0 aromatic heterocycles. The van der Waals surface area contributed by atoms with E-state index in [0.29, 0.717) is 25.7 Å². The van der Waals surface area contributed by atoms with Crippen molar-refractivity contribution in [1.82, 2.24) is 0 Å². The fourth-order valence-corrected chi connectivity index (χ4v) is 11.2. The highest BCUT2D eigenvalue weighted by Gasteiger charge is 2.30. The fraction of sp³-hybridized carbons (Fsp3) is 0.938. The third kappa shape index (κ3) is 58.8. The molecule has 83 heavy (non-hydrogen) atoms. The molecule has 0 saturated carbocycles. The molecule has 0 spiro atoms. The quantitative estimate of drug-likeness (QED) is 0.0222. The Labute approximate surface area is 505 Å². The molecule has 0 aliphatic heterocycles. The lowest BCUT2D eigenvalue weighted by Gasteiger charge is -2.21. The molecule has 0 amide bonds. The second-order valence-corrected chi connectivity index (χ2v) is 26.5. The van der Waals surface area contributed by atoms with Gasteiger partial charge in [-0.25, -0.2) is 9.13 Å². The third-order valence-electron chi connectivity index (χ3n) is 14.8. The number of hydrogen-bond acceptors (Lipinski definition) is 15. The van der Waals surface area contributed by atoms with E-state index in [1.165, 1.54) is 122 Å². The average molecular weight is 1230 g/mol. The maximum Gasteiger partial charge on any atom is 0.472 e. The molecule has 0 aromatic carbocycles. The fourth-order valence-electron chi connectivity index (χ4n) is 9.58. The minimum Gasteiger partial charge on any atom is -0.462 e. The summed E-state index contributed by atoms with van der Waals surface area (Å²) in [7, 11) is -9.87. The summed E-state index contributed by atoms with van der Waals surface area (Å²) in [6.07, 6.45) is 41.9. The van der Waals surface area contributed by atoms with Gasteiger partial charge in [-0.15, -0.1) is 0 Å². The number of carbonyl (C=O) groups is 4. The second kappa shape index (κ2) is 57.8. The van der Waals surface area contributed by atoms with Crippen molar-refractivity contribution in [3.8, 4) is 0 Å². The number of hydrogen-bond donors (Lipinski definition) is 3. The first kappa shape index (κ1) is 81.1. The maximum absolute atomic E-state index is 13.0. The van der Waals surface area contributed by atoms with Crippen LogP contribution in [0.3, 0.4) is 0 Å². The van der Waals surface area contributed by atoms with Crippen molar-refractivity contribution in [2.45, 2.75) is 342 Å². The molecule has 0 aliphatic rings. The van der Waals surface area contributed by atoms with E-state index in [4.69, 9.17) is 37.0 Å². The molecule has 5 atom stereocenters. The molecule has 0 heterocycles. The third-order valence-corrected chi connectivity index (χ3v) is 16.7. The van der Waals surface area contributed by atoms with Crippen LogP contribution in [-0.2, 0) is 65.4 Å². The number of rotatable bonds is 64. The summed E-state index contributed by atoms with van der Waals surface area (Å²) in [6.45, 7) is 7.14. The van der Waals surface area contributed by atoms with Crippen LogP contribution in [0.2, 0.25) is 0 Å². The first-order chi connectivity index (χ1) is 40.0. The highest BCUT2D eigenvalue weighted by molar-refractivity contribution is 7.47. The Morgan fingerprint density at radius 1 is 0.325 bits per heavy atom. The SMILES string of the molecule is CCCCCCCCCCCCCC(=O)OC[C@H](COP(=O)(O)OC[C@@H](O)COP(=O)(O)OC[C@@H](COC(=O)CCCCCCCCC)OC(=O)CCCCCCCCC)OC(=O)CCCCCCCCCCCCCCCCCC(C)C. The van der Waals surface area contributed by atoms with E-state index < -0.39 is 97.5 Å². The standard InChI is InChI=1S/C64H124O17P2/c1-6-9-12-15-18-19-25-29-34-38-43-48-62(67)75-54-60(81-64(69)50-45-40-35-30-27-24-22-20-21-23-26-28-33-36-41-46-57(4)5)56-79-83(72,73)77-52-58(65)51-76-82(70,71)78-55-59(80-63(68)49-44-39-32-17-14-11-8-3)53-74-61(66)47-42-37-31-16-13-10-7-2/h57-60,65H,6-56H2,1-5H3,(H,70,71)(H,72,73)/t58-,59+,60+/m0/s1. The lowest BCUT2D eigenvalue weighted by atomic mass is 10.0. The lowest BCUT2D eigenvalue weighted by Crippen LogP contribution is -2.30. The van der Waals surface area contributed by atoms with Gasteiger partial charge in [-0.3, -0.25) is 37.3 Å². The Hall–Kier alpha value is -1.94. The van der Waals surface area contributed by atoms with Crippen LogP contribution in [-0.4, -0.2) is 96.7 Å². The Kier molecular flexibility index (Phi) is 56.4. The zero-order chi connectivity index (χ0) is 61.3. The van der Waals surface area contributed by atoms with Crippen LogP contribution in [0.5, 0.6) is 0 Å². The van der Waals surface area contributed by atoms with E-state index in [-0.39, 0.29) is 25.7 Å². The van der Waals surface area contributed by atoms with Gasteiger partial charge in [0, 0.05) is 25.7 Å². The van der Waals surface area contributed by atoms with Gasteiger partial charge in [0.05, 0.1) is 26.4 Å². The zero-order valence-electron chi connectivity index (χ0n) is 53.3. The first-order valence-electron chi connectivity index (χ1n) is 33.6. The molecular formula is C64H124O17P2. The molecule has 19 heteroatoms. The van der Waals surface area contributed by atoms with E-state index in [1.807, 2.05) is 0 Å². The molecule has 492 valence electrons. The van der Waals surface area contributed by atoms with Crippen molar-refractivity contribution in [2.75, 3.05) is 39.6 Å². The van der Waals surface area contributed by atoms with Crippen LogP contribution >= 0.6 is 15.6 Å². The van der Waals surface area contributed by atoms with E-state index in [0.717, 1.165) is 121 Å². The van der Waals surface area contributed by atoms with Gasteiger partial charge < -0.3 is 33.8 Å². The van der Waals surface area contributed by atoms with Crippen LogP contribution in [0.25, 0.3) is 0 Å². The Morgan fingerprint density at radius 2 is 0.554 bits per heavy atom. The molecule has 0 aromatic rings. The minimum atomic E-state index is -4.94. The summed E-state index contributed by atoms with van der Waals surface area (Å²) in [4.78, 5) is 71.9. The van der Waals surface area contributed by atoms with Gasteiger partial charge in [-0.1, -0.05) is 272 Å². The molecule has 0 fully saturated rings. The Bertz CT molecular complexity index is 1620. The first-order valence-corrected chi connectivity index (χ1v) is 36.6. The summed E-state index contributed by atoms with van der Waals surface area (Å²) >= 11 is 0. The molecule has 0 aliphatic carbocycles. The van der Waals surface area contributed by atoms with Crippen molar-refractivity contribution < 1.29 is 80.2 Å². The number of phosphoric acid groups is 2. The highest BCUT2D eigenvalue weighted by Crippen LogP contribution is 2.45. The van der Waals surface area contributed by atoms with Crippen molar-refractivity contribution in [2.24, 2.45) is 5.92 Å². The van der Waals surface area contributed by atoms with Crippen molar-refractivity contribution in [3.63, 3.8) is 0 Å². The Morgan fingerprint density at radius 3 is 0.819 bits per heavy atom. The number of esters is 4. The molecular weight excluding hydrogens is 1100 g/mol.